The number of thiocarbonyl (C=S) groups is 1. The highest BCUT2D eigenvalue weighted by Crippen LogP contribution is 2.45. The van der Waals surface area contributed by atoms with E-state index in [1.165, 1.54) is 16.8 Å². The monoisotopic (exact) mass is 581 g/mol. The minimum Gasteiger partial charge on any atom is -0.494 e. The van der Waals surface area contributed by atoms with Crippen molar-refractivity contribution in [1.82, 2.24) is 14.9 Å². The van der Waals surface area contributed by atoms with Gasteiger partial charge in [-0.05, 0) is 86.9 Å². The summed E-state index contributed by atoms with van der Waals surface area (Å²) in [5, 5.41) is 7.18. The Bertz CT molecular complexity index is 1630. The van der Waals surface area contributed by atoms with Gasteiger partial charge in [-0.1, -0.05) is 45.0 Å². The van der Waals surface area contributed by atoms with Gasteiger partial charge >= 0.3 is 0 Å². The van der Waals surface area contributed by atoms with Crippen LogP contribution in [0.25, 0.3) is 5.69 Å². The average molecular weight is 582 g/mol. The third kappa shape index (κ3) is 5.27. The Kier molecular flexibility index (Phi) is 7.86. The molecule has 1 amide bonds. The van der Waals surface area contributed by atoms with E-state index >= 15 is 0 Å². The van der Waals surface area contributed by atoms with Crippen LogP contribution in [0.4, 0.5) is 11.4 Å². The highest BCUT2D eigenvalue weighted by Gasteiger charge is 2.42. The van der Waals surface area contributed by atoms with Gasteiger partial charge in [-0.15, -0.1) is 0 Å². The number of carbonyl (C=O) groups excluding carboxylic acids is 1. The molecule has 2 N–H and O–H groups in total. The Hall–Kier alpha value is -4.17. The molecule has 1 aliphatic rings. The summed E-state index contributed by atoms with van der Waals surface area (Å²) in [6.07, 6.45) is 1.81. The van der Waals surface area contributed by atoms with E-state index < -0.39 is 5.41 Å². The number of aromatic nitrogens is 2. The molecule has 3 heterocycles. The molecule has 0 radical (unpaired) electrons. The van der Waals surface area contributed by atoms with Gasteiger partial charge < -0.3 is 24.8 Å². The summed E-state index contributed by atoms with van der Waals surface area (Å²) < 4.78 is 8.10. The molecule has 218 valence electrons. The zero-order valence-corrected chi connectivity index (χ0v) is 26.4. The third-order valence-electron chi connectivity index (χ3n) is 7.94. The maximum absolute atomic E-state index is 12.8. The number of ether oxygens (including phenoxy) is 1. The number of hydrogen-bond donors (Lipinski definition) is 2. The first-order chi connectivity index (χ1) is 19.9. The molecule has 0 saturated carbocycles. The second-order valence-corrected chi connectivity index (χ2v) is 12.4. The van der Waals surface area contributed by atoms with Crippen LogP contribution in [0.1, 0.15) is 66.6 Å². The lowest BCUT2D eigenvalue weighted by molar-refractivity contribution is -0.123. The van der Waals surface area contributed by atoms with Crippen molar-refractivity contribution in [2.45, 2.75) is 60.5 Å². The largest absolute Gasteiger partial charge is 0.494 e. The zero-order valence-electron chi connectivity index (χ0n) is 25.6. The molecule has 2 aromatic heterocycles. The lowest BCUT2D eigenvalue weighted by Crippen LogP contribution is -2.30. The van der Waals surface area contributed by atoms with Gasteiger partial charge in [0.1, 0.15) is 5.75 Å². The molecule has 0 bridgehead atoms. The van der Waals surface area contributed by atoms with Crippen molar-refractivity contribution in [3.05, 3.63) is 101 Å². The second-order valence-electron chi connectivity index (χ2n) is 12.0. The molecule has 1 saturated heterocycles. The van der Waals surface area contributed by atoms with Gasteiger partial charge in [-0.3, -0.25) is 9.78 Å². The van der Waals surface area contributed by atoms with Crippen molar-refractivity contribution in [2.75, 3.05) is 17.3 Å². The summed E-state index contributed by atoms with van der Waals surface area (Å²) in [7, 11) is 1.61. The number of methoxy groups -OCH3 is 1. The fourth-order valence-corrected chi connectivity index (χ4v) is 6.13. The van der Waals surface area contributed by atoms with Gasteiger partial charge in [-0.2, -0.15) is 0 Å². The molecule has 0 unspecified atom stereocenters. The molecule has 1 aliphatic heterocycles. The number of rotatable bonds is 6. The standard InChI is InChI=1S/C34H39N5O2S/c1-20-12-11-13-21(2)30(20)38-22(3)18-25(23(38)4)31-29(27-14-9-10-17-35-27)37-33(42)39(31)24-15-16-26(28(19-24)41-8)36-32(40)34(5,6)7/h9-19,29,31H,1-8H3,(H,36,40)(H,37,42)/t29-,31+/m0/s1. The van der Waals surface area contributed by atoms with Crippen molar-refractivity contribution in [3.63, 3.8) is 0 Å². The highest BCUT2D eigenvalue weighted by atomic mass is 32.1. The predicted octanol–water partition coefficient (Wildman–Crippen LogP) is 7.28. The summed E-state index contributed by atoms with van der Waals surface area (Å²) in [6.45, 7) is 14.3. The molecule has 2 atom stereocenters. The van der Waals surface area contributed by atoms with Crippen LogP contribution in [-0.4, -0.2) is 27.7 Å². The number of amides is 1. The average Bonchev–Trinajstić information content (AvgIpc) is 3.44. The van der Waals surface area contributed by atoms with Crippen LogP contribution in [0.2, 0.25) is 0 Å². The lowest BCUT2D eigenvalue weighted by atomic mass is 9.95. The number of benzene rings is 2. The molecule has 0 aliphatic carbocycles. The van der Waals surface area contributed by atoms with Crippen molar-refractivity contribution in [1.29, 1.82) is 0 Å². The summed E-state index contributed by atoms with van der Waals surface area (Å²) in [5.74, 6) is 0.480. The van der Waals surface area contributed by atoms with Gasteiger partial charge in [0.15, 0.2) is 5.11 Å². The van der Waals surface area contributed by atoms with E-state index in [-0.39, 0.29) is 18.0 Å². The molecule has 4 aromatic rings. The van der Waals surface area contributed by atoms with Crippen LogP contribution in [-0.2, 0) is 4.79 Å². The molecule has 1 fully saturated rings. The van der Waals surface area contributed by atoms with Gasteiger partial charge in [-0.25, -0.2) is 0 Å². The Labute approximate surface area is 253 Å². The first kappa shape index (κ1) is 29.3. The number of nitrogens with one attached hydrogen (secondary N) is 2. The second kappa shape index (κ2) is 11.2. The fraction of sp³-hybridized carbons (Fsp3) is 0.324. The van der Waals surface area contributed by atoms with E-state index in [0.717, 1.165) is 28.3 Å². The Balaban J connectivity index is 1.65. The van der Waals surface area contributed by atoms with Gasteiger partial charge in [0.05, 0.1) is 36.3 Å². The molecular formula is C34H39N5O2S. The maximum atomic E-state index is 12.8. The molecule has 7 nitrogen and oxygen atoms in total. The minimum absolute atomic E-state index is 0.0843. The summed E-state index contributed by atoms with van der Waals surface area (Å²) in [5.41, 5.74) is 8.94. The molecule has 5 rings (SSSR count). The van der Waals surface area contributed by atoms with Crippen molar-refractivity contribution in [3.8, 4) is 11.4 Å². The zero-order chi connectivity index (χ0) is 30.3. The number of anilines is 2. The summed E-state index contributed by atoms with van der Waals surface area (Å²) >= 11 is 6.00. The van der Waals surface area contributed by atoms with Crippen LogP contribution in [0, 0.1) is 33.1 Å². The lowest BCUT2D eigenvalue weighted by Gasteiger charge is -2.29. The minimum atomic E-state index is -0.539. The van der Waals surface area contributed by atoms with Crippen LogP contribution in [0.5, 0.6) is 5.75 Å². The van der Waals surface area contributed by atoms with E-state index in [2.05, 4.69) is 72.1 Å². The first-order valence-electron chi connectivity index (χ1n) is 14.2. The highest BCUT2D eigenvalue weighted by molar-refractivity contribution is 7.80. The molecule has 0 spiro atoms. The van der Waals surface area contributed by atoms with Gasteiger partial charge in [0.25, 0.3) is 0 Å². The summed E-state index contributed by atoms with van der Waals surface area (Å²) in [6, 6.07) is 20.1. The SMILES string of the molecule is COc1cc(N2C(=S)N[C@@H](c3ccccn3)[C@H]2c2cc(C)n(-c3c(C)cccc3C)c2C)ccc1NC(=O)C(C)(C)C. The van der Waals surface area contributed by atoms with Crippen molar-refractivity contribution in [2.24, 2.45) is 5.41 Å². The van der Waals surface area contributed by atoms with E-state index in [0.29, 0.717) is 16.5 Å². The van der Waals surface area contributed by atoms with E-state index in [9.17, 15) is 4.79 Å². The number of aryl methyl sites for hydroxylation is 3. The topological polar surface area (TPSA) is 71.4 Å². The normalized spacial score (nSPS) is 16.9. The van der Waals surface area contributed by atoms with Gasteiger partial charge in [0.2, 0.25) is 5.91 Å². The van der Waals surface area contributed by atoms with Gasteiger partial charge in [0, 0.05) is 34.8 Å². The van der Waals surface area contributed by atoms with E-state index in [1.807, 2.05) is 63.4 Å². The number of hydrogen-bond acceptors (Lipinski definition) is 4. The summed E-state index contributed by atoms with van der Waals surface area (Å²) in [4.78, 5) is 19.6. The quantitative estimate of drug-likeness (QED) is 0.233. The van der Waals surface area contributed by atoms with Crippen LogP contribution in [0.15, 0.2) is 66.9 Å². The van der Waals surface area contributed by atoms with E-state index in [4.69, 9.17) is 21.9 Å². The van der Waals surface area contributed by atoms with Crippen LogP contribution < -0.4 is 20.3 Å². The molecular weight excluding hydrogens is 542 g/mol. The molecule has 2 aromatic carbocycles. The smallest absolute Gasteiger partial charge is 0.229 e. The fourth-order valence-electron chi connectivity index (χ4n) is 5.78. The Morgan fingerprint density at radius 2 is 1.71 bits per heavy atom. The molecule has 42 heavy (non-hydrogen) atoms. The van der Waals surface area contributed by atoms with Crippen LogP contribution >= 0.6 is 12.2 Å². The predicted molar refractivity (Wildman–Crippen MR) is 174 cm³/mol. The van der Waals surface area contributed by atoms with E-state index in [1.54, 1.807) is 7.11 Å². The third-order valence-corrected chi connectivity index (χ3v) is 8.26. The molecule has 8 heteroatoms. The first-order valence-corrected chi connectivity index (χ1v) is 14.6. The van der Waals surface area contributed by atoms with Crippen molar-refractivity contribution >= 4 is 34.6 Å². The number of pyridine rings is 1. The maximum Gasteiger partial charge on any atom is 0.229 e. The van der Waals surface area contributed by atoms with Crippen molar-refractivity contribution < 1.29 is 9.53 Å². The number of para-hydroxylation sites is 1. The Morgan fingerprint density at radius 1 is 1.00 bits per heavy atom. The number of nitrogens with zero attached hydrogens (tertiary/aromatic N) is 3. The Morgan fingerprint density at radius 3 is 2.33 bits per heavy atom. The number of carbonyl (C=O) groups is 1. The van der Waals surface area contributed by atoms with Crippen LogP contribution in [0.3, 0.4) is 0 Å².